The predicted molar refractivity (Wildman–Crippen MR) is 171 cm³/mol. The summed E-state index contributed by atoms with van der Waals surface area (Å²) in [7, 11) is -2.71. The molecule has 210 valence electrons. The summed E-state index contributed by atoms with van der Waals surface area (Å²) in [5.41, 5.74) is 3.00. The van der Waals surface area contributed by atoms with Crippen molar-refractivity contribution in [3.8, 4) is 0 Å². The highest BCUT2D eigenvalue weighted by atomic mass is 28.4. The molecule has 0 radical (unpaired) electrons. The minimum atomic E-state index is -2.71. The van der Waals surface area contributed by atoms with E-state index in [0.717, 1.165) is 19.5 Å². The molecule has 41 heavy (non-hydrogen) atoms. The van der Waals surface area contributed by atoms with E-state index in [9.17, 15) is 0 Å². The Morgan fingerprint density at radius 1 is 0.732 bits per heavy atom. The van der Waals surface area contributed by atoms with Crippen molar-refractivity contribution in [1.82, 2.24) is 10.2 Å². The Labute approximate surface area is 246 Å². The van der Waals surface area contributed by atoms with E-state index in [0.29, 0.717) is 18.1 Å². The summed E-state index contributed by atoms with van der Waals surface area (Å²) in [5, 5.41) is 6.79. The van der Waals surface area contributed by atoms with Gasteiger partial charge in [0.1, 0.15) is 0 Å². The summed E-state index contributed by atoms with van der Waals surface area (Å²) in [6, 6.07) is 45.7. The van der Waals surface area contributed by atoms with Crippen LogP contribution in [-0.2, 0) is 16.4 Å². The van der Waals surface area contributed by atoms with Crippen molar-refractivity contribution in [2.75, 3.05) is 6.54 Å². The summed E-state index contributed by atoms with van der Waals surface area (Å²) in [5.74, 6) is 0. The number of piperidine rings is 2. The number of rotatable bonds is 7. The SMILES string of the molecule is CC(C)(C)[Si](O[C@H]1C2CC3(c4ccccc4)CC(N2)C1N(Cc1ccccc1)C3)(c1ccccc1)c1ccccc1. The van der Waals surface area contributed by atoms with Crippen molar-refractivity contribution in [2.24, 2.45) is 0 Å². The number of fused-ring (bicyclic) bond motifs is 2. The lowest BCUT2D eigenvalue weighted by atomic mass is 9.68. The first-order valence-electron chi connectivity index (χ1n) is 15.3. The van der Waals surface area contributed by atoms with Gasteiger partial charge in [-0.15, -0.1) is 0 Å². The number of nitrogens with zero attached hydrogens (tertiary/aromatic N) is 1. The maximum atomic E-state index is 7.96. The lowest BCUT2D eigenvalue weighted by Gasteiger charge is -2.51. The molecule has 4 aromatic rings. The topological polar surface area (TPSA) is 24.5 Å². The van der Waals surface area contributed by atoms with Gasteiger partial charge in [-0.05, 0) is 39.4 Å². The number of nitrogens with one attached hydrogen (secondary N) is 1. The summed E-state index contributed by atoms with van der Waals surface area (Å²) >= 11 is 0. The van der Waals surface area contributed by atoms with Crippen LogP contribution in [0.1, 0.15) is 44.7 Å². The van der Waals surface area contributed by atoms with E-state index in [1.807, 2.05) is 0 Å². The van der Waals surface area contributed by atoms with Crippen LogP contribution in [0.2, 0.25) is 5.04 Å². The summed E-state index contributed by atoms with van der Waals surface area (Å²) in [6.07, 6.45) is 2.39. The number of likely N-dealkylation sites (tertiary alicyclic amines) is 1. The second-order valence-electron chi connectivity index (χ2n) is 13.6. The fraction of sp³-hybridized carbons (Fsp3) is 0.351. The quantitative estimate of drug-likeness (QED) is 0.287. The highest BCUT2D eigenvalue weighted by Gasteiger charge is 2.63. The van der Waals surface area contributed by atoms with Crippen molar-refractivity contribution in [3.05, 3.63) is 132 Å². The molecule has 3 nitrogen and oxygen atoms in total. The van der Waals surface area contributed by atoms with Gasteiger partial charge in [0.2, 0.25) is 0 Å². The van der Waals surface area contributed by atoms with E-state index in [1.165, 1.54) is 27.9 Å². The Bertz CT molecular complexity index is 1420. The lowest BCUT2D eigenvalue weighted by Crippen LogP contribution is -2.69. The Kier molecular flexibility index (Phi) is 6.78. The van der Waals surface area contributed by atoms with Crippen molar-refractivity contribution >= 4 is 18.7 Å². The van der Waals surface area contributed by atoms with Crippen LogP contribution in [0.5, 0.6) is 0 Å². The molecule has 3 aliphatic rings. The fourth-order valence-electron chi connectivity index (χ4n) is 8.45. The van der Waals surface area contributed by atoms with Gasteiger partial charge in [-0.25, -0.2) is 0 Å². The fourth-order valence-corrected chi connectivity index (χ4v) is 13.2. The molecule has 3 bridgehead atoms. The monoisotopic (exact) mass is 558 g/mol. The van der Waals surface area contributed by atoms with Crippen LogP contribution in [0.4, 0.5) is 0 Å². The van der Waals surface area contributed by atoms with E-state index < -0.39 is 8.32 Å². The Balaban J connectivity index is 1.36. The Morgan fingerprint density at radius 2 is 1.24 bits per heavy atom. The molecule has 0 saturated carbocycles. The maximum Gasteiger partial charge on any atom is 0.261 e. The minimum Gasteiger partial charge on any atom is -0.401 e. The second-order valence-corrected chi connectivity index (χ2v) is 17.8. The molecular formula is C37H42N2OSi. The predicted octanol–water partition coefficient (Wildman–Crippen LogP) is 5.89. The molecule has 4 unspecified atom stereocenters. The molecule has 7 rings (SSSR count). The molecule has 5 atom stereocenters. The van der Waals surface area contributed by atoms with Crippen LogP contribution < -0.4 is 15.7 Å². The third-order valence-electron chi connectivity index (χ3n) is 10.1. The summed E-state index contributed by atoms with van der Waals surface area (Å²) in [6.45, 7) is 9.23. The summed E-state index contributed by atoms with van der Waals surface area (Å²) < 4.78 is 7.96. The smallest absolute Gasteiger partial charge is 0.261 e. The van der Waals surface area contributed by atoms with Crippen molar-refractivity contribution < 1.29 is 4.43 Å². The molecule has 0 aliphatic carbocycles. The molecule has 0 amide bonds. The van der Waals surface area contributed by atoms with Gasteiger partial charge in [-0.1, -0.05) is 142 Å². The van der Waals surface area contributed by atoms with Crippen molar-refractivity contribution in [3.63, 3.8) is 0 Å². The average molecular weight is 559 g/mol. The van der Waals surface area contributed by atoms with Crippen LogP contribution in [0.15, 0.2) is 121 Å². The standard InChI is InChI=1S/C37H42N2OSi/c1-36(2,3)41(30-20-12-6-13-21-30,31-22-14-7-15-23-31)40-35-33-25-37(29-18-10-5-11-19-29)24-32(38-33)34(35)39(27-37)26-28-16-8-4-9-17-28/h4-23,32-35,38H,24-27H2,1-3H3/t32?,33?,34?,35-,37?/m0/s1. The van der Waals surface area contributed by atoms with Crippen LogP contribution >= 0.6 is 0 Å². The molecule has 3 fully saturated rings. The van der Waals surface area contributed by atoms with Crippen LogP contribution in [0.25, 0.3) is 0 Å². The van der Waals surface area contributed by atoms with E-state index in [2.05, 4.69) is 152 Å². The molecule has 1 N–H and O–H groups in total. The number of hydrogen-bond donors (Lipinski definition) is 1. The van der Waals surface area contributed by atoms with Gasteiger partial charge >= 0.3 is 0 Å². The van der Waals surface area contributed by atoms with Crippen molar-refractivity contribution in [1.29, 1.82) is 0 Å². The molecular weight excluding hydrogens is 517 g/mol. The van der Waals surface area contributed by atoms with Gasteiger partial charge in [0.15, 0.2) is 0 Å². The van der Waals surface area contributed by atoms with Gasteiger partial charge in [-0.3, -0.25) is 4.90 Å². The van der Waals surface area contributed by atoms with E-state index in [1.54, 1.807) is 0 Å². The normalized spacial score (nSPS) is 27.7. The molecule has 3 saturated heterocycles. The molecule has 3 aliphatic heterocycles. The van der Waals surface area contributed by atoms with Crippen LogP contribution in [0.3, 0.4) is 0 Å². The van der Waals surface area contributed by atoms with Crippen molar-refractivity contribution in [2.45, 2.75) is 74.8 Å². The summed E-state index contributed by atoms with van der Waals surface area (Å²) in [4.78, 5) is 2.78. The van der Waals surface area contributed by atoms with E-state index >= 15 is 0 Å². The van der Waals surface area contributed by atoms with Gasteiger partial charge in [0, 0.05) is 30.6 Å². The van der Waals surface area contributed by atoms with Gasteiger partial charge in [0.05, 0.1) is 12.1 Å². The zero-order valence-corrected chi connectivity index (χ0v) is 25.5. The lowest BCUT2D eigenvalue weighted by molar-refractivity contribution is 0.0339. The first-order chi connectivity index (χ1) is 19.9. The Hall–Kier alpha value is -3.02. The molecule has 4 heteroatoms. The highest BCUT2D eigenvalue weighted by molar-refractivity contribution is 6.99. The largest absolute Gasteiger partial charge is 0.401 e. The Morgan fingerprint density at radius 3 is 1.80 bits per heavy atom. The molecule has 0 aromatic heterocycles. The van der Waals surface area contributed by atoms with Gasteiger partial charge < -0.3 is 9.74 Å². The minimum absolute atomic E-state index is 0.0498. The zero-order chi connectivity index (χ0) is 28.1. The highest BCUT2D eigenvalue weighted by Crippen LogP contribution is 2.51. The average Bonchev–Trinajstić information content (AvgIpc) is 3.20. The molecule has 4 aromatic carbocycles. The van der Waals surface area contributed by atoms with Gasteiger partial charge in [0.25, 0.3) is 8.32 Å². The molecule has 3 heterocycles. The maximum absolute atomic E-state index is 7.96. The first-order valence-corrected chi connectivity index (χ1v) is 17.2. The number of benzene rings is 4. The van der Waals surface area contributed by atoms with E-state index in [4.69, 9.17) is 4.43 Å². The third-order valence-corrected chi connectivity index (χ3v) is 15.1. The van der Waals surface area contributed by atoms with E-state index in [-0.39, 0.29) is 16.6 Å². The second kappa shape index (κ2) is 10.4. The van der Waals surface area contributed by atoms with Gasteiger partial charge in [-0.2, -0.15) is 0 Å². The third kappa shape index (κ3) is 4.53. The zero-order valence-electron chi connectivity index (χ0n) is 24.5. The van der Waals surface area contributed by atoms with Crippen LogP contribution in [-0.4, -0.2) is 44.0 Å². The molecule has 0 spiro atoms. The first kappa shape index (κ1) is 26.8. The van der Waals surface area contributed by atoms with Crippen LogP contribution in [0, 0.1) is 0 Å². The number of hydrogen-bond acceptors (Lipinski definition) is 3.